The summed E-state index contributed by atoms with van der Waals surface area (Å²) in [4.78, 5) is 0.373. The van der Waals surface area contributed by atoms with Gasteiger partial charge in [-0.05, 0) is 23.8 Å². The third-order valence-electron chi connectivity index (χ3n) is 2.22. The Bertz CT molecular complexity index is 540. The fourth-order valence-corrected chi connectivity index (χ4v) is 2.14. The van der Waals surface area contributed by atoms with E-state index in [1.54, 1.807) is 24.3 Å². The van der Waals surface area contributed by atoms with Crippen LogP contribution in [0.25, 0.3) is 11.1 Å². The van der Waals surface area contributed by atoms with Crippen molar-refractivity contribution in [3.63, 3.8) is 0 Å². The number of benzene rings is 2. The molecule has 82 valence electrons. The van der Waals surface area contributed by atoms with Crippen LogP contribution >= 0.6 is 11.6 Å². The highest BCUT2D eigenvalue weighted by atomic mass is 35.5. The summed E-state index contributed by atoms with van der Waals surface area (Å²) in [6.45, 7) is 0. The highest BCUT2D eigenvalue weighted by molar-refractivity contribution is 7.79. The van der Waals surface area contributed by atoms with E-state index < -0.39 is 11.1 Å². The molecule has 0 spiro atoms. The van der Waals surface area contributed by atoms with Crippen molar-refractivity contribution in [2.45, 2.75) is 4.90 Å². The molecule has 0 saturated heterocycles. The first kappa shape index (κ1) is 11.3. The van der Waals surface area contributed by atoms with Gasteiger partial charge in [0.2, 0.25) is 0 Å². The van der Waals surface area contributed by atoms with Gasteiger partial charge in [-0.3, -0.25) is 0 Å². The Morgan fingerprint density at radius 3 is 2.50 bits per heavy atom. The van der Waals surface area contributed by atoms with Crippen molar-refractivity contribution in [1.29, 1.82) is 0 Å². The molecule has 0 aliphatic rings. The lowest BCUT2D eigenvalue weighted by molar-refractivity contribution is 0.564. The molecular formula is C12H9ClO2S. The average Bonchev–Trinajstić information content (AvgIpc) is 2.30. The van der Waals surface area contributed by atoms with Crippen molar-refractivity contribution in [1.82, 2.24) is 0 Å². The molecule has 0 amide bonds. The summed E-state index contributed by atoms with van der Waals surface area (Å²) in [5, 5.41) is 0.628. The molecule has 0 aromatic heterocycles. The molecule has 2 nitrogen and oxygen atoms in total. The van der Waals surface area contributed by atoms with Crippen LogP contribution in [0.3, 0.4) is 0 Å². The van der Waals surface area contributed by atoms with Crippen LogP contribution in [0.15, 0.2) is 53.4 Å². The molecule has 2 aromatic carbocycles. The van der Waals surface area contributed by atoms with Gasteiger partial charge in [0.15, 0.2) is 11.1 Å². The van der Waals surface area contributed by atoms with Crippen LogP contribution in [0.4, 0.5) is 0 Å². The van der Waals surface area contributed by atoms with Crippen LogP contribution < -0.4 is 0 Å². The topological polar surface area (TPSA) is 37.3 Å². The maximum Gasteiger partial charge on any atom is 0.186 e. The van der Waals surface area contributed by atoms with E-state index in [2.05, 4.69) is 0 Å². The summed E-state index contributed by atoms with van der Waals surface area (Å²) in [5.41, 5.74) is 1.70. The molecule has 1 atom stereocenters. The molecule has 2 aromatic rings. The average molecular weight is 253 g/mol. The quantitative estimate of drug-likeness (QED) is 0.830. The minimum Gasteiger partial charge on any atom is -0.302 e. The van der Waals surface area contributed by atoms with Gasteiger partial charge < -0.3 is 4.55 Å². The minimum absolute atomic E-state index is 0.373. The number of hydrogen-bond acceptors (Lipinski definition) is 1. The molecule has 0 radical (unpaired) electrons. The van der Waals surface area contributed by atoms with Crippen molar-refractivity contribution in [2.24, 2.45) is 0 Å². The van der Waals surface area contributed by atoms with E-state index in [1.165, 1.54) is 0 Å². The zero-order valence-electron chi connectivity index (χ0n) is 8.26. The highest BCUT2D eigenvalue weighted by Crippen LogP contribution is 2.28. The molecule has 0 aliphatic heterocycles. The third kappa shape index (κ3) is 2.32. The summed E-state index contributed by atoms with van der Waals surface area (Å²) in [6, 6.07) is 14.3. The van der Waals surface area contributed by atoms with Gasteiger partial charge in [-0.15, -0.1) is 0 Å². The molecule has 0 saturated carbocycles. The second-order valence-corrected chi connectivity index (χ2v) is 4.63. The summed E-state index contributed by atoms with van der Waals surface area (Å²) in [7, 11) is 0. The van der Waals surface area contributed by atoms with Gasteiger partial charge in [-0.25, -0.2) is 4.21 Å². The minimum atomic E-state index is -1.96. The van der Waals surface area contributed by atoms with E-state index in [-0.39, 0.29) is 0 Å². The van der Waals surface area contributed by atoms with Crippen LogP contribution in [0.2, 0.25) is 5.02 Å². The van der Waals surface area contributed by atoms with E-state index >= 15 is 0 Å². The number of hydrogen-bond donors (Lipinski definition) is 1. The molecule has 1 N–H and O–H groups in total. The Labute approximate surface area is 101 Å². The second kappa shape index (κ2) is 4.78. The first-order valence-corrected chi connectivity index (χ1v) is 6.13. The Kier molecular flexibility index (Phi) is 3.39. The van der Waals surface area contributed by atoms with Crippen LogP contribution in [0.5, 0.6) is 0 Å². The summed E-state index contributed by atoms with van der Waals surface area (Å²) in [6.07, 6.45) is 0. The Hall–Kier alpha value is -1.16. The monoisotopic (exact) mass is 252 g/mol. The van der Waals surface area contributed by atoms with Crippen LogP contribution in [-0.4, -0.2) is 8.76 Å². The van der Waals surface area contributed by atoms with Crippen molar-refractivity contribution >= 4 is 22.7 Å². The SMILES string of the molecule is O=S(O)c1cccc(-c2ccccc2Cl)c1. The predicted molar refractivity (Wildman–Crippen MR) is 65.9 cm³/mol. The van der Waals surface area contributed by atoms with Crippen molar-refractivity contribution in [3.05, 3.63) is 53.6 Å². The summed E-state index contributed by atoms with van der Waals surface area (Å²) in [5.74, 6) is 0. The normalized spacial score (nSPS) is 12.4. The zero-order chi connectivity index (χ0) is 11.5. The standard InChI is InChI=1S/C12H9ClO2S/c13-12-7-2-1-6-11(12)9-4-3-5-10(8-9)16(14)15/h1-8H,(H,14,15). The first-order valence-electron chi connectivity index (χ1n) is 4.64. The van der Waals surface area contributed by atoms with Gasteiger partial charge in [0.05, 0.1) is 4.90 Å². The van der Waals surface area contributed by atoms with E-state index in [0.29, 0.717) is 9.92 Å². The molecule has 4 heteroatoms. The molecular weight excluding hydrogens is 244 g/mol. The maximum atomic E-state index is 10.9. The van der Waals surface area contributed by atoms with Crippen LogP contribution in [-0.2, 0) is 11.1 Å². The lowest BCUT2D eigenvalue weighted by Gasteiger charge is -2.05. The molecule has 16 heavy (non-hydrogen) atoms. The lowest BCUT2D eigenvalue weighted by Crippen LogP contribution is -1.88. The number of halogens is 1. The Morgan fingerprint density at radius 2 is 1.81 bits per heavy atom. The van der Waals surface area contributed by atoms with E-state index in [0.717, 1.165) is 11.1 Å². The van der Waals surface area contributed by atoms with Gasteiger partial charge in [0.1, 0.15) is 0 Å². The Morgan fingerprint density at radius 1 is 1.06 bits per heavy atom. The second-order valence-electron chi connectivity index (χ2n) is 3.26. The summed E-state index contributed by atoms with van der Waals surface area (Å²) < 4.78 is 20.0. The van der Waals surface area contributed by atoms with E-state index in [4.69, 9.17) is 16.2 Å². The van der Waals surface area contributed by atoms with Crippen molar-refractivity contribution < 1.29 is 8.76 Å². The molecule has 2 rings (SSSR count). The fraction of sp³-hybridized carbons (Fsp3) is 0. The first-order chi connectivity index (χ1) is 7.68. The number of rotatable bonds is 2. The van der Waals surface area contributed by atoms with Gasteiger partial charge in [0, 0.05) is 10.6 Å². The highest BCUT2D eigenvalue weighted by Gasteiger charge is 2.05. The van der Waals surface area contributed by atoms with Crippen molar-refractivity contribution in [3.8, 4) is 11.1 Å². The lowest BCUT2D eigenvalue weighted by atomic mass is 10.1. The third-order valence-corrected chi connectivity index (χ3v) is 3.21. The van der Waals surface area contributed by atoms with Gasteiger partial charge >= 0.3 is 0 Å². The molecule has 0 fully saturated rings. The summed E-state index contributed by atoms with van der Waals surface area (Å²) >= 11 is 4.09. The zero-order valence-corrected chi connectivity index (χ0v) is 9.83. The molecule has 0 heterocycles. The van der Waals surface area contributed by atoms with Gasteiger partial charge in [-0.1, -0.05) is 41.9 Å². The van der Waals surface area contributed by atoms with Crippen LogP contribution in [0.1, 0.15) is 0 Å². The predicted octanol–water partition coefficient (Wildman–Crippen LogP) is 3.59. The largest absolute Gasteiger partial charge is 0.302 e. The van der Waals surface area contributed by atoms with Crippen molar-refractivity contribution in [2.75, 3.05) is 0 Å². The molecule has 1 unspecified atom stereocenters. The van der Waals surface area contributed by atoms with Crippen LogP contribution in [0, 0.1) is 0 Å². The fourth-order valence-electron chi connectivity index (χ4n) is 1.47. The molecule has 0 aliphatic carbocycles. The van der Waals surface area contributed by atoms with E-state index in [9.17, 15) is 4.21 Å². The smallest absolute Gasteiger partial charge is 0.186 e. The van der Waals surface area contributed by atoms with Gasteiger partial charge in [-0.2, -0.15) is 0 Å². The van der Waals surface area contributed by atoms with E-state index in [1.807, 2.05) is 24.3 Å². The molecule has 0 bridgehead atoms. The Balaban J connectivity index is 2.53. The van der Waals surface area contributed by atoms with Gasteiger partial charge in [0.25, 0.3) is 0 Å². The maximum absolute atomic E-state index is 10.9.